The molecular weight excluding hydrogens is 280 g/mol. The third-order valence-corrected chi connectivity index (χ3v) is 3.64. The van der Waals surface area contributed by atoms with E-state index in [1.807, 2.05) is 38.1 Å². The lowest BCUT2D eigenvalue weighted by Gasteiger charge is -2.22. The van der Waals surface area contributed by atoms with Crippen LogP contribution in [0.15, 0.2) is 42.5 Å². The molecule has 0 aliphatic heterocycles. The van der Waals surface area contributed by atoms with Gasteiger partial charge in [-0.2, -0.15) is 0 Å². The van der Waals surface area contributed by atoms with Crippen LogP contribution >= 0.6 is 11.6 Å². The second-order valence-electron chi connectivity index (χ2n) is 4.80. The van der Waals surface area contributed by atoms with Crippen molar-refractivity contribution in [1.29, 1.82) is 0 Å². The van der Waals surface area contributed by atoms with Crippen LogP contribution in [0.3, 0.4) is 0 Å². The van der Waals surface area contributed by atoms with Crippen LogP contribution in [0.4, 0.5) is 8.78 Å². The van der Waals surface area contributed by atoms with Crippen molar-refractivity contribution >= 4 is 11.6 Å². The largest absolute Gasteiger partial charge is 0.303 e. The molecule has 2 atom stereocenters. The van der Waals surface area contributed by atoms with Gasteiger partial charge in [0, 0.05) is 28.7 Å². The molecule has 0 fully saturated rings. The molecule has 2 rings (SSSR count). The van der Waals surface area contributed by atoms with E-state index in [-0.39, 0.29) is 12.1 Å². The summed E-state index contributed by atoms with van der Waals surface area (Å²) in [5.74, 6) is -1.12. The third kappa shape index (κ3) is 3.35. The zero-order chi connectivity index (χ0) is 14.7. The van der Waals surface area contributed by atoms with Crippen molar-refractivity contribution in [1.82, 2.24) is 5.32 Å². The van der Waals surface area contributed by atoms with Crippen LogP contribution < -0.4 is 5.32 Å². The molecule has 2 aromatic carbocycles. The molecule has 2 aromatic rings. The summed E-state index contributed by atoms with van der Waals surface area (Å²) in [7, 11) is 0. The number of halogens is 3. The Balaban J connectivity index is 2.15. The van der Waals surface area contributed by atoms with Gasteiger partial charge in [0.15, 0.2) is 0 Å². The first kappa shape index (κ1) is 14.9. The minimum Gasteiger partial charge on any atom is -0.303 e. The summed E-state index contributed by atoms with van der Waals surface area (Å²) < 4.78 is 26.6. The predicted octanol–water partition coefficient (Wildman–Crippen LogP) is 5.03. The Labute approximate surface area is 122 Å². The molecule has 4 heteroatoms. The third-order valence-electron chi connectivity index (χ3n) is 3.30. The van der Waals surface area contributed by atoms with Gasteiger partial charge in [-0.1, -0.05) is 35.9 Å². The Morgan fingerprint density at radius 1 is 0.950 bits per heavy atom. The summed E-state index contributed by atoms with van der Waals surface area (Å²) in [6.45, 7) is 3.79. The molecule has 0 spiro atoms. The molecular formula is C16H16ClF2N. The van der Waals surface area contributed by atoms with Crippen LogP contribution in [0.1, 0.15) is 37.1 Å². The number of nitrogens with one attached hydrogen (secondary N) is 1. The second kappa shape index (κ2) is 6.33. The molecule has 0 heterocycles. The standard InChI is InChI=1S/C16H16ClF2N/c1-10(13-5-3-4-6-15(13)17)20-11(2)14-8-7-12(18)9-16(14)19/h3-11,20H,1-2H3/t10-,11?/m0/s1. The van der Waals surface area contributed by atoms with Crippen molar-refractivity contribution in [3.8, 4) is 0 Å². The van der Waals surface area contributed by atoms with Crippen molar-refractivity contribution in [2.45, 2.75) is 25.9 Å². The zero-order valence-corrected chi connectivity index (χ0v) is 12.1. The van der Waals surface area contributed by atoms with Crippen molar-refractivity contribution in [3.05, 3.63) is 70.2 Å². The molecule has 0 amide bonds. The molecule has 0 aromatic heterocycles. The average molecular weight is 296 g/mol. The van der Waals surface area contributed by atoms with Crippen molar-refractivity contribution in [2.24, 2.45) is 0 Å². The van der Waals surface area contributed by atoms with Gasteiger partial charge in [0.25, 0.3) is 0 Å². The predicted molar refractivity (Wildman–Crippen MR) is 77.8 cm³/mol. The van der Waals surface area contributed by atoms with Gasteiger partial charge < -0.3 is 5.32 Å². The molecule has 0 saturated carbocycles. The highest BCUT2D eigenvalue weighted by molar-refractivity contribution is 6.31. The van der Waals surface area contributed by atoms with Gasteiger partial charge in [-0.05, 0) is 31.5 Å². The van der Waals surface area contributed by atoms with E-state index >= 15 is 0 Å². The van der Waals surface area contributed by atoms with Crippen LogP contribution in [0.25, 0.3) is 0 Å². The molecule has 0 saturated heterocycles. The lowest BCUT2D eigenvalue weighted by atomic mass is 10.0. The van der Waals surface area contributed by atoms with Gasteiger partial charge in [0.05, 0.1) is 0 Å². The van der Waals surface area contributed by atoms with E-state index in [0.717, 1.165) is 11.6 Å². The molecule has 0 aliphatic carbocycles. The highest BCUT2D eigenvalue weighted by Crippen LogP contribution is 2.26. The van der Waals surface area contributed by atoms with Crippen molar-refractivity contribution in [2.75, 3.05) is 0 Å². The topological polar surface area (TPSA) is 12.0 Å². The summed E-state index contributed by atoms with van der Waals surface area (Å²) in [4.78, 5) is 0. The Bertz CT molecular complexity index is 601. The SMILES string of the molecule is CC(N[C@@H](C)c1ccccc1Cl)c1ccc(F)cc1F. The van der Waals surface area contributed by atoms with Crippen LogP contribution in [-0.2, 0) is 0 Å². The highest BCUT2D eigenvalue weighted by Gasteiger charge is 2.16. The molecule has 0 radical (unpaired) electrons. The van der Waals surface area contributed by atoms with E-state index in [4.69, 9.17) is 11.6 Å². The summed E-state index contributed by atoms with van der Waals surface area (Å²) in [6.07, 6.45) is 0. The van der Waals surface area contributed by atoms with E-state index in [2.05, 4.69) is 5.32 Å². The van der Waals surface area contributed by atoms with Crippen LogP contribution in [-0.4, -0.2) is 0 Å². The van der Waals surface area contributed by atoms with Gasteiger partial charge in [0.2, 0.25) is 0 Å². The first-order valence-electron chi connectivity index (χ1n) is 6.44. The Morgan fingerprint density at radius 2 is 1.60 bits per heavy atom. The first-order chi connectivity index (χ1) is 9.49. The molecule has 0 bridgehead atoms. The van der Waals surface area contributed by atoms with Gasteiger partial charge >= 0.3 is 0 Å². The second-order valence-corrected chi connectivity index (χ2v) is 5.20. The Kier molecular flexibility index (Phi) is 4.73. The molecule has 1 unspecified atom stereocenters. The maximum Gasteiger partial charge on any atom is 0.130 e. The van der Waals surface area contributed by atoms with Gasteiger partial charge in [-0.15, -0.1) is 0 Å². The van der Waals surface area contributed by atoms with Crippen LogP contribution in [0.2, 0.25) is 5.02 Å². The normalized spacial score (nSPS) is 14.1. The molecule has 0 aliphatic rings. The minimum atomic E-state index is -0.572. The van der Waals surface area contributed by atoms with Gasteiger partial charge in [-0.3, -0.25) is 0 Å². The minimum absolute atomic E-state index is 0.0387. The fourth-order valence-corrected chi connectivity index (χ4v) is 2.53. The van der Waals surface area contributed by atoms with Gasteiger partial charge in [-0.25, -0.2) is 8.78 Å². The lowest BCUT2D eigenvalue weighted by molar-refractivity contribution is 0.470. The van der Waals surface area contributed by atoms with E-state index in [1.165, 1.54) is 12.1 Å². The maximum absolute atomic E-state index is 13.7. The number of hydrogen-bond donors (Lipinski definition) is 1. The molecule has 1 N–H and O–H groups in total. The number of rotatable bonds is 4. The summed E-state index contributed by atoms with van der Waals surface area (Å²) in [6, 6.07) is 10.8. The summed E-state index contributed by atoms with van der Waals surface area (Å²) in [5, 5.41) is 3.93. The quantitative estimate of drug-likeness (QED) is 0.834. The lowest BCUT2D eigenvalue weighted by Crippen LogP contribution is -2.23. The fourth-order valence-electron chi connectivity index (χ4n) is 2.23. The Hall–Kier alpha value is -1.45. The smallest absolute Gasteiger partial charge is 0.130 e. The van der Waals surface area contributed by atoms with Gasteiger partial charge in [0.1, 0.15) is 11.6 Å². The highest BCUT2D eigenvalue weighted by atomic mass is 35.5. The number of hydrogen-bond acceptors (Lipinski definition) is 1. The summed E-state index contributed by atoms with van der Waals surface area (Å²) in [5.41, 5.74) is 1.38. The zero-order valence-electron chi connectivity index (χ0n) is 11.3. The van der Waals surface area contributed by atoms with E-state index in [9.17, 15) is 8.78 Å². The van der Waals surface area contributed by atoms with Crippen LogP contribution in [0.5, 0.6) is 0 Å². The van der Waals surface area contributed by atoms with E-state index in [0.29, 0.717) is 10.6 Å². The van der Waals surface area contributed by atoms with E-state index < -0.39 is 11.6 Å². The van der Waals surface area contributed by atoms with E-state index in [1.54, 1.807) is 0 Å². The molecule has 1 nitrogen and oxygen atoms in total. The number of benzene rings is 2. The summed E-state index contributed by atoms with van der Waals surface area (Å²) >= 11 is 6.14. The first-order valence-corrected chi connectivity index (χ1v) is 6.82. The maximum atomic E-state index is 13.7. The average Bonchev–Trinajstić information content (AvgIpc) is 2.38. The van der Waals surface area contributed by atoms with Crippen molar-refractivity contribution in [3.63, 3.8) is 0 Å². The molecule has 20 heavy (non-hydrogen) atoms. The fraction of sp³-hybridized carbons (Fsp3) is 0.250. The Morgan fingerprint density at radius 3 is 2.25 bits per heavy atom. The monoisotopic (exact) mass is 295 g/mol. The van der Waals surface area contributed by atoms with Crippen molar-refractivity contribution < 1.29 is 8.78 Å². The van der Waals surface area contributed by atoms with Crippen LogP contribution in [0, 0.1) is 11.6 Å². The molecule has 106 valence electrons.